The molecule has 30 heavy (non-hydrogen) atoms. The molecule has 1 unspecified atom stereocenters. The van der Waals surface area contributed by atoms with Gasteiger partial charge in [-0.25, -0.2) is 0 Å². The van der Waals surface area contributed by atoms with Crippen LogP contribution in [0.15, 0.2) is 36.4 Å². The van der Waals surface area contributed by atoms with Gasteiger partial charge in [0, 0.05) is 12.1 Å². The number of ether oxygens (including phenoxy) is 4. The van der Waals surface area contributed by atoms with Gasteiger partial charge in [0.25, 0.3) is 5.91 Å². The molecule has 3 aliphatic rings. The third-order valence-electron chi connectivity index (χ3n) is 5.56. The number of rotatable bonds is 4. The Balaban J connectivity index is 1.24. The van der Waals surface area contributed by atoms with Crippen LogP contribution in [-0.4, -0.2) is 49.8 Å². The van der Waals surface area contributed by atoms with Crippen LogP contribution < -0.4 is 24.3 Å². The van der Waals surface area contributed by atoms with Gasteiger partial charge in [-0.3, -0.25) is 9.59 Å². The number of hydrogen-bond acceptors (Lipinski definition) is 6. The normalized spacial score (nSPS) is 18.9. The Morgan fingerprint density at radius 1 is 0.933 bits per heavy atom. The minimum atomic E-state index is -0.322. The van der Waals surface area contributed by atoms with E-state index in [2.05, 4.69) is 5.32 Å². The van der Waals surface area contributed by atoms with Crippen molar-refractivity contribution in [2.75, 3.05) is 33.1 Å². The highest BCUT2D eigenvalue weighted by atomic mass is 16.7. The second-order valence-corrected chi connectivity index (χ2v) is 7.40. The lowest BCUT2D eigenvalue weighted by atomic mass is 10.0. The summed E-state index contributed by atoms with van der Waals surface area (Å²) in [6.07, 6.45) is 1.79. The van der Waals surface area contributed by atoms with Gasteiger partial charge in [-0.2, -0.15) is 0 Å². The average Bonchev–Trinajstić information content (AvgIpc) is 3.46. The number of fused-ring (bicyclic) bond motifs is 2. The monoisotopic (exact) mass is 410 g/mol. The van der Waals surface area contributed by atoms with Crippen LogP contribution in [0, 0.1) is 0 Å². The van der Waals surface area contributed by atoms with Crippen molar-refractivity contribution >= 4 is 11.8 Å². The number of likely N-dealkylation sites (tertiary alicyclic amines) is 1. The molecule has 8 heteroatoms. The van der Waals surface area contributed by atoms with E-state index in [1.165, 1.54) is 0 Å². The molecular weight excluding hydrogens is 388 g/mol. The van der Waals surface area contributed by atoms with Gasteiger partial charge in [0.05, 0.1) is 12.6 Å². The first kappa shape index (κ1) is 18.6. The standard InChI is InChI=1S/C22H22N2O6/c25-21(12-23-22(26)15-4-6-18-20(11-15)30-13-29-18)24-7-1-2-16(24)14-3-5-17-19(10-14)28-9-8-27-17/h3-6,10-11,16H,1-2,7-9,12-13H2,(H,23,26). The van der Waals surface area contributed by atoms with Crippen LogP contribution in [0.5, 0.6) is 23.0 Å². The second kappa shape index (κ2) is 7.78. The molecule has 1 fully saturated rings. The summed E-state index contributed by atoms with van der Waals surface area (Å²) in [6.45, 7) is 1.82. The van der Waals surface area contributed by atoms with E-state index in [1.807, 2.05) is 23.1 Å². The number of nitrogens with one attached hydrogen (secondary N) is 1. The number of hydrogen-bond donors (Lipinski definition) is 1. The molecule has 2 aromatic rings. The van der Waals surface area contributed by atoms with Crippen LogP contribution >= 0.6 is 0 Å². The van der Waals surface area contributed by atoms with Gasteiger partial charge >= 0.3 is 0 Å². The van der Waals surface area contributed by atoms with Gasteiger partial charge in [0.15, 0.2) is 23.0 Å². The zero-order chi connectivity index (χ0) is 20.5. The molecule has 0 bridgehead atoms. The molecule has 0 saturated carbocycles. The summed E-state index contributed by atoms with van der Waals surface area (Å²) in [6, 6.07) is 10.8. The van der Waals surface area contributed by atoms with E-state index in [1.54, 1.807) is 18.2 Å². The second-order valence-electron chi connectivity index (χ2n) is 7.40. The van der Waals surface area contributed by atoms with E-state index >= 15 is 0 Å². The largest absolute Gasteiger partial charge is 0.486 e. The zero-order valence-corrected chi connectivity index (χ0v) is 16.4. The van der Waals surface area contributed by atoms with E-state index in [0.29, 0.717) is 42.6 Å². The number of carbonyl (C=O) groups is 2. The highest BCUT2D eigenvalue weighted by Gasteiger charge is 2.31. The fourth-order valence-electron chi connectivity index (χ4n) is 4.08. The van der Waals surface area contributed by atoms with Crippen molar-refractivity contribution in [1.29, 1.82) is 0 Å². The van der Waals surface area contributed by atoms with Crippen molar-refractivity contribution in [2.24, 2.45) is 0 Å². The lowest BCUT2D eigenvalue weighted by Crippen LogP contribution is -2.39. The van der Waals surface area contributed by atoms with E-state index in [9.17, 15) is 9.59 Å². The molecule has 0 aromatic heterocycles. The smallest absolute Gasteiger partial charge is 0.251 e. The predicted molar refractivity (Wildman–Crippen MR) is 106 cm³/mol. The van der Waals surface area contributed by atoms with Crippen LogP contribution in [-0.2, 0) is 4.79 Å². The fraction of sp³-hybridized carbons (Fsp3) is 0.364. The molecule has 1 N–H and O–H groups in total. The Morgan fingerprint density at radius 2 is 1.67 bits per heavy atom. The first-order chi connectivity index (χ1) is 14.7. The molecule has 5 rings (SSSR count). The zero-order valence-electron chi connectivity index (χ0n) is 16.4. The molecule has 0 aliphatic carbocycles. The van der Waals surface area contributed by atoms with Crippen molar-refractivity contribution in [3.8, 4) is 23.0 Å². The van der Waals surface area contributed by atoms with Gasteiger partial charge < -0.3 is 29.2 Å². The summed E-state index contributed by atoms with van der Waals surface area (Å²) in [5.41, 5.74) is 1.45. The van der Waals surface area contributed by atoms with Crippen LogP contribution in [0.1, 0.15) is 34.8 Å². The van der Waals surface area contributed by atoms with Gasteiger partial charge in [-0.15, -0.1) is 0 Å². The molecule has 3 aliphatic heterocycles. The van der Waals surface area contributed by atoms with E-state index in [-0.39, 0.29) is 31.2 Å². The maximum absolute atomic E-state index is 12.9. The SMILES string of the molecule is O=C(NCC(=O)N1CCCC1c1ccc2c(c1)OCCO2)c1ccc2c(c1)OCO2. The fourth-order valence-corrected chi connectivity index (χ4v) is 4.08. The Labute approximate surface area is 173 Å². The summed E-state index contributed by atoms with van der Waals surface area (Å²) in [5, 5.41) is 2.72. The molecule has 0 spiro atoms. The lowest BCUT2D eigenvalue weighted by Gasteiger charge is -2.27. The van der Waals surface area contributed by atoms with E-state index in [0.717, 1.165) is 24.2 Å². The summed E-state index contributed by atoms with van der Waals surface area (Å²) < 4.78 is 21.8. The third kappa shape index (κ3) is 3.49. The Bertz CT molecular complexity index is 992. The van der Waals surface area contributed by atoms with Crippen molar-refractivity contribution in [2.45, 2.75) is 18.9 Å². The minimum absolute atomic E-state index is 0.0317. The minimum Gasteiger partial charge on any atom is -0.486 e. The predicted octanol–water partition coefficient (Wildman–Crippen LogP) is 2.28. The van der Waals surface area contributed by atoms with Crippen LogP contribution in [0.25, 0.3) is 0 Å². The Kier molecular flexibility index (Phi) is 4.82. The lowest BCUT2D eigenvalue weighted by molar-refractivity contribution is -0.131. The van der Waals surface area contributed by atoms with Crippen molar-refractivity contribution in [3.05, 3.63) is 47.5 Å². The van der Waals surface area contributed by atoms with Gasteiger partial charge in [0.2, 0.25) is 12.7 Å². The summed E-state index contributed by atoms with van der Waals surface area (Å²) >= 11 is 0. The number of nitrogens with zero attached hydrogens (tertiary/aromatic N) is 1. The van der Waals surface area contributed by atoms with Gasteiger partial charge in [0.1, 0.15) is 13.2 Å². The molecule has 156 valence electrons. The first-order valence-corrected chi connectivity index (χ1v) is 10.1. The average molecular weight is 410 g/mol. The highest BCUT2D eigenvalue weighted by Crippen LogP contribution is 2.38. The number of amides is 2. The molecule has 2 aromatic carbocycles. The summed E-state index contributed by atoms with van der Waals surface area (Å²) in [5.74, 6) is 2.17. The summed E-state index contributed by atoms with van der Waals surface area (Å²) in [4.78, 5) is 27.1. The Morgan fingerprint density at radius 3 is 2.57 bits per heavy atom. The molecule has 1 saturated heterocycles. The molecule has 8 nitrogen and oxygen atoms in total. The van der Waals surface area contributed by atoms with Crippen LogP contribution in [0.2, 0.25) is 0 Å². The van der Waals surface area contributed by atoms with Crippen LogP contribution in [0.4, 0.5) is 0 Å². The van der Waals surface area contributed by atoms with E-state index < -0.39 is 0 Å². The Hall–Kier alpha value is -3.42. The highest BCUT2D eigenvalue weighted by molar-refractivity contribution is 5.97. The first-order valence-electron chi connectivity index (χ1n) is 10.1. The number of benzene rings is 2. The molecule has 1 atom stereocenters. The van der Waals surface area contributed by atoms with Crippen molar-refractivity contribution < 1.29 is 28.5 Å². The number of carbonyl (C=O) groups excluding carboxylic acids is 2. The van der Waals surface area contributed by atoms with Crippen LogP contribution in [0.3, 0.4) is 0 Å². The third-order valence-corrected chi connectivity index (χ3v) is 5.56. The van der Waals surface area contributed by atoms with Crippen molar-refractivity contribution in [1.82, 2.24) is 10.2 Å². The van der Waals surface area contributed by atoms with Gasteiger partial charge in [-0.1, -0.05) is 6.07 Å². The maximum Gasteiger partial charge on any atom is 0.251 e. The topological polar surface area (TPSA) is 86.3 Å². The molecule has 2 amide bonds. The molecule has 3 heterocycles. The molecular formula is C22H22N2O6. The maximum atomic E-state index is 12.9. The van der Waals surface area contributed by atoms with Crippen molar-refractivity contribution in [3.63, 3.8) is 0 Å². The van der Waals surface area contributed by atoms with E-state index in [4.69, 9.17) is 18.9 Å². The quantitative estimate of drug-likeness (QED) is 0.832. The molecule has 0 radical (unpaired) electrons. The summed E-state index contributed by atoms with van der Waals surface area (Å²) in [7, 11) is 0. The van der Waals surface area contributed by atoms with Gasteiger partial charge in [-0.05, 0) is 48.7 Å².